The number of ketones is 2. The molecule has 6 rings (SSSR count). The van der Waals surface area contributed by atoms with Crippen LogP contribution in [0.1, 0.15) is 48.9 Å². The molecule has 2 heterocycles. The molecule has 0 aliphatic rings. The van der Waals surface area contributed by atoms with Crippen LogP contribution < -0.4 is 4.74 Å². The first-order valence-corrected chi connectivity index (χ1v) is 12.9. The Labute approximate surface area is 230 Å². The topological polar surface area (TPSA) is 82.5 Å². The minimum absolute atomic E-state index is 0.0270. The number of carbonyl (C=O) groups is 2. The number of benzene rings is 4. The normalized spacial score (nSPS) is 11.1. The molecule has 0 bridgehead atoms. The van der Waals surface area contributed by atoms with E-state index in [4.69, 9.17) is 13.7 Å². The number of hydrogen-bond acceptors (Lipinski definition) is 6. The van der Waals surface area contributed by atoms with Crippen LogP contribution in [0.4, 0.5) is 0 Å². The van der Waals surface area contributed by atoms with Gasteiger partial charge in [0.2, 0.25) is 0 Å². The van der Waals surface area contributed by atoms with Crippen LogP contribution in [0, 0.1) is 13.8 Å². The van der Waals surface area contributed by atoms with Gasteiger partial charge in [-0.2, -0.15) is 0 Å². The minimum atomic E-state index is -0.267. The Balaban J connectivity index is 1.43. The molecular weight excluding hydrogens is 502 g/mol. The lowest BCUT2D eigenvalue weighted by molar-refractivity contribution is 0.103. The Morgan fingerprint density at radius 2 is 1.38 bits per heavy atom. The van der Waals surface area contributed by atoms with Crippen LogP contribution in [0.5, 0.6) is 5.75 Å². The Bertz CT molecular complexity index is 1830. The Morgan fingerprint density at radius 1 is 0.750 bits per heavy atom. The third-order valence-corrected chi connectivity index (χ3v) is 6.70. The van der Waals surface area contributed by atoms with E-state index in [0.29, 0.717) is 50.6 Å². The molecule has 196 valence electrons. The summed E-state index contributed by atoms with van der Waals surface area (Å²) in [6, 6.07) is 31.0. The summed E-state index contributed by atoms with van der Waals surface area (Å²) in [7, 11) is 0. The first-order chi connectivity index (χ1) is 19.5. The largest absolute Gasteiger partial charge is 0.484 e. The van der Waals surface area contributed by atoms with Crippen molar-refractivity contribution in [3.63, 3.8) is 0 Å². The quantitative estimate of drug-likeness (QED) is 0.188. The molecule has 0 saturated carbocycles. The lowest BCUT2D eigenvalue weighted by Crippen LogP contribution is -2.10. The zero-order valence-electron chi connectivity index (χ0n) is 22.0. The first-order valence-electron chi connectivity index (χ1n) is 12.9. The van der Waals surface area contributed by atoms with E-state index < -0.39 is 0 Å². The maximum Gasteiger partial charge on any atom is 0.196 e. The molecule has 0 amide bonds. The molecule has 0 unspecified atom stereocenters. The molecule has 0 spiro atoms. The molecule has 2 aromatic heterocycles. The second-order valence-corrected chi connectivity index (χ2v) is 9.62. The summed E-state index contributed by atoms with van der Waals surface area (Å²) in [4.78, 5) is 27.4. The molecule has 0 radical (unpaired) electrons. The summed E-state index contributed by atoms with van der Waals surface area (Å²) >= 11 is 0. The van der Waals surface area contributed by atoms with Crippen molar-refractivity contribution in [2.45, 2.75) is 20.5 Å². The van der Waals surface area contributed by atoms with Gasteiger partial charge in [0, 0.05) is 22.8 Å². The molecule has 0 aliphatic heterocycles. The molecule has 0 saturated heterocycles. The summed E-state index contributed by atoms with van der Waals surface area (Å²) in [6.07, 6.45) is 0. The van der Waals surface area contributed by atoms with Crippen molar-refractivity contribution in [1.82, 2.24) is 5.16 Å². The number of nitrogens with zero attached hydrogens (tertiary/aromatic N) is 1. The van der Waals surface area contributed by atoms with Gasteiger partial charge in [0.15, 0.2) is 17.3 Å². The van der Waals surface area contributed by atoms with Gasteiger partial charge in [0.1, 0.15) is 29.4 Å². The van der Waals surface area contributed by atoms with Gasteiger partial charge in [-0.05, 0) is 26.0 Å². The molecular formula is C34H25NO5. The van der Waals surface area contributed by atoms with Gasteiger partial charge in [-0.1, -0.05) is 95.6 Å². The maximum atomic E-state index is 13.8. The van der Waals surface area contributed by atoms with Crippen molar-refractivity contribution in [3.05, 3.63) is 142 Å². The monoisotopic (exact) mass is 527 g/mol. The van der Waals surface area contributed by atoms with Crippen molar-refractivity contribution in [1.29, 1.82) is 0 Å². The molecule has 6 nitrogen and oxygen atoms in total. The third-order valence-electron chi connectivity index (χ3n) is 6.70. The van der Waals surface area contributed by atoms with Gasteiger partial charge in [-0.25, -0.2) is 0 Å². The highest BCUT2D eigenvalue weighted by molar-refractivity contribution is 6.20. The van der Waals surface area contributed by atoms with Crippen LogP contribution in [0.3, 0.4) is 0 Å². The van der Waals surface area contributed by atoms with E-state index in [1.54, 1.807) is 67.6 Å². The zero-order chi connectivity index (χ0) is 27.6. The standard InChI is InChI=1S/C34H25NO5/c1-21-13-15-23(16-14-21)30-18-26(40-35-30)20-38-33-27(31(36)24-9-5-3-6-10-24)19-28(34-29(33)17-22(2)39-34)32(37)25-11-7-4-8-12-25/h3-19H,20H2,1-2H3. The summed E-state index contributed by atoms with van der Waals surface area (Å²) in [5.74, 6) is 0.889. The lowest BCUT2D eigenvalue weighted by Gasteiger charge is -2.14. The number of carbonyl (C=O) groups excluding carboxylic acids is 2. The predicted octanol–water partition coefficient (Wildman–Crippen LogP) is 7.75. The second-order valence-electron chi connectivity index (χ2n) is 9.62. The molecule has 4 aromatic carbocycles. The molecule has 6 aromatic rings. The Hall–Kier alpha value is -5.23. The van der Waals surface area contributed by atoms with E-state index in [2.05, 4.69) is 5.16 Å². The van der Waals surface area contributed by atoms with E-state index in [1.807, 2.05) is 49.4 Å². The van der Waals surface area contributed by atoms with E-state index in [-0.39, 0.29) is 23.7 Å². The molecule has 6 heteroatoms. The number of aromatic nitrogens is 1. The van der Waals surface area contributed by atoms with Gasteiger partial charge in [0.05, 0.1) is 16.5 Å². The van der Waals surface area contributed by atoms with Crippen LogP contribution in [-0.4, -0.2) is 16.7 Å². The van der Waals surface area contributed by atoms with Crippen molar-refractivity contribution >= 4 is 22.5 Å². The van der Waals surface area contributed by atoms with Crippen LogP contribution in [0.25, 0.3) is 22.2 Å². The van der Waals surface area contributed by atoms with Gasteiger partial charge < -0.3 is 13.7 Å². The van der Waals surface area contributed by atoms with Crippen molar-refractivity contribution < 1.29 is 23.3 Å². The maximum absolute atomic E-state index is 13.8. The number of rotatable bonds is 8. The van der Waals surface area contributed by atoms with Gasteiger partial charge in [-0.3, -0.25) is 9.59 Å². The second kappa shape index (κ2) is 10.5. The Kier molecular flexibility index (Phi) is 6.58. The SMILES string of the molecule is Cc1ccc(-c2cc(COc3c(C(=O)c4ccccc4)cc(C(=O)c4ccccc4)c4oc(C)cc34)on2)cc1. The smallest absolute Gasteiger partial charge is 0.196 e. The van der Waals surface area contributed by atoms with Crippen LogP contribution >= 0.6 is 0 Å². The van der Waals surface area contributed by atoms with Crippen molar-refractivity contribution in [2.75, 3.05) is 0 Å². The number of hydrogen-bond donors (Lipinski definition) is 0. The van der Waals surface area contributed by atoms with E-state index in [0.717, 1.165) is 11.1 Å². The highest BCUT2D eigenvalue weighted by Crippen LogP contribution is 2.38. The number of furan rings is 1. The number of aryl methyl sites for hydroxylation is 2. The highest BCUT2D eigenvalue weighted by Gasteiger charge is 2.26. The first kappa shape index (κ1) is 25.1. The van der Waals surface area contributed by atoms with Crippen LogP contribution in [0.2, 0.25) is 0 Å². The molecule has 0 atom stereocenters. The van der Waals surface area contributed by atoms with Crippen molar-refractivity contribution in [2.24, 2.45) is 0 Å². The fraction of sp³-hybridized carbons (Fsp3) is 0.0882. The molecule has 0 aliphatic carbocycles. The predicted molar refractivity (Wildman–Crippen MR) is 152 cm³/mol. The fourth-order valence-corrected chi connectivity index (χ4v) is 4.67. The fourth-order valence-electron chi connectivity index (χ4n) is 4.67. The molecule has 0 N–H and O–H groups in total. The van der Waals surface area contributed by atoms with E-state index in [1.165, 1.54) is 0 Å². The van der Waals surface area contributed by atoms with E-state index in [9.17, 15) is 9.59 Å². The van der Waals surface area contributed by atoms with E-state index >= 15 is 0 Å². The molecule has 40 heavy (non-hydrogen) atoms. The lowest BCUT2D eigenvalue weighted by atomic mass is 9.94. The number of ether oxygens (including phenoxy) is 1. The van der Waals surface area contributed by atoms with Crippen molar-refractivity contribution in [3.8, 4) is 17.0 Å². The summed E-state index contributed by atoms with van der Waals surface area (Å²) in [6.45, 7) is 3.85. The number of fused-ring (bicyclic) bond motifs is 1. The minimum Gasteiger partial charge on any atom is -0.484 e. The van der Waals surface area contributed by atoms with Crippen LogP contribution in [-0.2, 0) is 6.61 Å². The molecule has 0 fully saturated rings. The summed E-state index contributed by atoms with van der Waals surface area (Å²) < 4.78 is 17.8. The average Bonchev–Trinajstić information content (AvgIpc) is 3.63. The zero-order valence-corrected chi connectivity index (χ0v) is 22.0. The van der Waals surface area contributed by atoms with Gasteiger partial charge in [-0.15, -0.1) is 0 Å². The Morgan fingerprint density at radius 3 is 2.02 bits per heavy atom. The van der Waals surface area contributed by atoms with Gasteiger partial charge in [0.25, 0.3) is 0 Å². The van der Waals surface area contributed by atoms with Crippen LogP contribution in [0.15, 0.2) is 112 Å². The summed E-state index contributed by atoms with van der Waals surface area (Å²) in [5, 5.41) is 4.72. The summed E-state index contributed by atoms with van der Waals surface area (Å²) in [5.41, 5.74) is 4.66. The third kappa shape index (κ3) is 4.83. The highest BCUT2D eigenvalue weighted by atomic mass is 16.5. The average molecular weight is 528 g/mol. The van der Waals surface area contributed by atoms with Gasteiger partial charge >= 0.3 is 0 Å².